The van der Waals surface area contributed by atoms with Gasteiger partial charge in [-0.25, -0.2) is 9.59 Å². The number of benzene rings is 3. The highest BCUT2D eigenvalue weighted by Crippen LogP contribution is 2.27. The maximum absolute atomic E-state index is 12.4. The number of hydrogen-bond acceptors (Lipinski definition) is 6. The lowest BCUT2D eigenvalue weighted by Crippen LogP contribution is -2.22. The van der Waals surface area contributed by atoms with Crippen molar-refractivity contribution in [3.63, 3.8) is 0 Å². The number of ether oxygens (including phenoxy) is 2. The Kier molecular flexibility index (Phi) is 7.72. The zero-order valence-corrected chi connectivity index (χ0v) is 21.3. The second-order valence-corrected chi connectivity index (χ2v) is 9.21. The van der Waals surface area contributed by atoms with E-state index in [-0.39, 0.29) is 19.1 Å². The van der Waals surface area contributed by atoms with E-state index in [1.807, 2.05) is 44.2 Å². The van der Waals surface area contributed by atoms with Gasteiger partial charge in [0.05, 0.1) is 5.56 Å². The summed E-state index contributed by atoms with van der Waals surface area (Å²) in [5.41, 5.74) is 4.80. The number of aryl methyl sites for hydroxylation is 2. The van der Waals surface area contributed by atoms with E-state index in [1.54, 1.807) is 30.3 Å². The zero-order valence-electron chi connectivity index (χ0n) is 21.3. The molecule has 0 radical (unpaired) electrons. The lowest BCUT2D eigenvalue weighted by molar-refractivity contribution is -0.119. The van der Waals surface area contributed by atoms with Crippen LogP contribution in [0.25, 0.3) is 11.0 Å². The number of fused-ring (bicyclic) bond motifs is 1. The Balaban J connectivity index is 1.32. The highest BCUT2D eigenvalue weighted by atomic mass is 16.5. The Morgan fingerprint density at radius 2 is 1.70 bits per heavy atom. The highest BCUT2D eigenvalue weighted by molar-refractivity contribution is 5.96. The lowest BCUT2D eigenvalue weighted by Gasteiger charge is -2.16. The van der Waals surface area contributed by atoms with E-state index in [4.69, 9.17) is 13.9 Å². The fourth-order valence-electron chi connectivity index (χ4n) is 4.03. The van der Waals surface area contributed by atoms with Crippen molar-refractivity contribution in [2.45, 2.75) is 40.2 Å². The van der Waals surface area contributed by atoms with Gasteiger partial charge >= 0.3 is 11.6 Å². The molecule has 1 aromatic heterocycles. The normalized spacial score (nSPS) is 10.9. The Labute approximate surface area is 215 Å². The second-order valence-electron chi connectivity index (χ2n) is 9.21. The topological polar surface area (TPSA) is 94.8 Å². The summed E-state index contributed by atoms with van der Waals surface area (Å²) < 4.78 is 16.3. The van der Waals surface area contributed by atoms with E-state index in [9.17, 15) is 14.4 Å². The Morgan fingerprint density at radius 3 is 2.43 bits per heavy atom. The van der Waals surface area contributed by atoms with E-state index in [0.717, 1.165) is 33.3 Å². The Bertz CT molecular complexity index is 1500. The van der Waals surface area contributed by atoms with Gasteiger partial charge in [0, 0.05) is 23.2 Å². The number of carbonyl (C=O) groups excluding carboxylic acids is 2. The van der Waals surface area contributed by atoms with Gasteiger partial charge in [0.2, 0.25) is 0 Å². The molecule has 0 spiro atoms. The molecule has 0 bridgehead atoms. The van der Waals surface area contributed by atoms with Gasteiger partial charge in [-0.05, 0) is 66.3 Å². The Morgan fingerprint density at radius 1 is 0.946 bits per heavy atom. The third-order valence-electron chi connectivity index (χ3n) is 6.04. The van der Waals surface area contributed by atoms with Crippen molar-refractivity contribution in [1.29, 1.82) is 0 Å². The van der Waals surface area contributed by atoms with E-state index >= 15 is 0 Å². The molecule has 0 aliphatic carbocycles. The largest absolute Gasteiger partial charge is 0.489 e. The second kappa shape index (κ2) is 11.1. The van der Waals surface area contributed by atoms with Crippen molar-refractivity contribution in [3.8, 4) is 5.75 Å². The van der Waals surface area contributed by atoms with Gasteiger partial charge in [0.15, 0.2) is 6.61 Å². The van der Waals surface area contributed by atoms with E-state index in [0.29, 0.717) is 16.9 Å². The molecule has 0 saturated carbocycles. The van der Waals surface area contributed by atoms with Crippen LogP contribution in [0.3, 0.4) is 0 Å². The van der Waals surface area contributed by atoms with Crippen LogP contribution in [0.15, 0.2) is 75.9 Å². The van der Waals surface area contributed by atoms with Gasteiger partial charge in [-0.15, -0.1) is 0 Å². The van der Waals surface area contributed by atoms with Crippen molar-refractivity contribution in [3.05, 3.63) is 105 Å². The van der Waals surface area contributed by atoms with Gasteiger partial charge in [-0.2, -0.15) is 0 Å². The first-order valence-corrected chi connectivity index (χ1v) is 12.0. The molecule has 0 atom stereocenters. The van der Waals surface area contributed by atoms with Gasteiger partial charge in [-0.1, -0.05) is 44.2 Å². The van der Waals surface area contributed by atoms with Gasteiger partial charge in [-0.3, -0.25) is 4.79 Å². The SMILES string of the molecule is Cc1cccc(C(C)C)c1NC(=O)COC(=O)c1ccc(COc2ccc3c(C)cc(=O)oc3c2)cc1. The van der Waals surface area contributed by atoms with Gasteiger partial charge < -0.3 is 19.2 Å². The predicted octanol–water partition coefficient (Wildman–Crippen LogP) is 5.91. The number of hydrogen-bond donors (Lipinski definition) is 1. The number of esters is 1. The first kappa shape index (κ1) is 25.7. The minimum atomic E-state index is -0.587. The fraction of sp³-hybridized carbons (Fsp3) is 0.233. The fourth-order valence-corrected chi connectivity index (χ4v) is 4.03. The van der Waals surface area contributed by atoms with Crippen molar-refractivity contribution >= 4 is 28.5 Å². The van der Waals surface area contributed by atoms with Crippen LogP contribution in [0.2, 0.25) is 0 Å². The average Bonchev–Trinajstić information content (AvgIpc) is 2.87. The smallest absolute Gasteiger partial charge is 0.338 e. The monoisotopic (exact) mass is 499 g/mol. The number of anilines is 1. The molecule has 0 aliphatic rings. The van der Waals surface area contributed by atoms with Crippen molar-refractivity contribution in [2.24, 2.45) is 0 Å². The average molecular weight is 500 g/mol. The molecule has 7 heteroatoms. The molecular weight excluding hydrogens is 470 g/mol. The standard InChI is InChI=1S/C30H29NO6/c1-18(2)24-7-5-6-19(3)29(24)31-27(32)17-36-30(34)22-10-8-21(9-11-22)16-35-23-12-13-25-20(4)14-28(33)37-26(25)15-23/h5-15,18H,16-17H2,1-4H3,(H,31,32). The molecule has 7 nitrogen and oxygen atoms in total. The summed E-state index contributed by atoms with van der Waals surface area (Å²) in [5, 5.41) is 3.72. The van der Waals surface area contributed by atoms with E-state index in [1.165, 1.54) is 6.07 Å². The summed E-state index contributed by atoms with van der Waals surface area (Å²) in [6.07, 6.45) is 0. The summed E-state index contributed by atoms with van der Waals surface area (Å²) in [7, 11) is 0. The molecule has 1 heterocycles. The first-order chi connectivity index (χ1) is 17.7. The van der Waals surface area contributed by atoms with Gasteiger partial charge in [0.25, 0.3) is 5.91 Å². The summed E-state index contributed by atoms with van der Waals surface area (Å²) >= 11 is 0. The van der Waals surface area contributed by atoms with Crippen LogP contribution < -0.4 is 15.7 Å². The summed E-state index contributed by atoms with van der Waals surface area (Å²) in [6.45, 7) is 7.77. The highest BCUT2D eigenvalue weighted by Gasteiger charge is 2.15. The van der Waals surface area contributed by atoms with E-state index in [2.05, 4.69) is 19.2 Å². The van der Waals surface area contributed by atoms with Crippen molar-refractivity contribution < 1.29 is 23.5 Å². The molecule has 4 rings (SSSR count). The molecule has 1 amide bonds. The Hall–Kier alpha value is -4.39. The van der Waals surface area contributed by atoms with Crippen LogP contribution >= 0.6 is 0 Å². The molecule has 0 fully saturated rings. The summed E-state index contributed by atoms with van der Waals surface area (Å²) in [5.74, 6) is -0.177. The number of para-hydroxylation sites is 1. The van der Waals surface area contributed by atoms with Crippen molar-refractivity contribution in [2.75, 3.05) is 11.9 Å². The molecule has 4 aromatic rings. The van der Waals surface area contributed by atoms with Crippen LogP contribution in [0.1, 0.15) is 52.4 Å². The molecular formula is C30H29NO6. The number of amides is 1. The lowest BCUT2D eigenvalue weighted by atomic mass is 9.98. The van der Waals surface area contributed by atoms with E-state index < -0.39 is 17.5 Å². The molecule has 190 valence electrons. The number of rotatable bonds is 8. The van der Waals surface area contributed by atoms with Crippen LogP contribution in [0, 0.1) is 13.8 Å². The predicted molar refractivity (Wildman–Crippen MR) is 142 cm³/mol. The molecule has 1 N–H and O–H groups in total. The quantitative estimate of drug-likeness (QED) is 0.239. The first-order valence-electron chi connectivity index (χ1n) is 12.0. The molecule has 0 saturated heterocycles. The van der Waals surface area contributed by atoms with Crippen LogP contribution in [-0.2, 0) is 16.1 Å². The number of nitrogens with one attached hydrogen (secondary N) is 1. The minimum absolute atomic E-state index is 0.242. The zero-order chi connectivity index (χ0) is 26.5. The molecule has 37 heavy (non-hydrogen) atoms. The maximum Gasteiger partial charge on any atom is 0.338 e. The van der Waals surface area contributed by atoms with Crippen molar-refractivity contribution in [1.82, 2.24) is 0 Å². The maximum atomic E-state index is 12.4. The van der Waals surface area contributed by atoms with Crippen LogP contribution in [0.4, 0.5) is 5.69 Å². The molecule has 0 unspecified atom stereocenters. The molecule has 3 aromatic carbocycles. The van der Waals surface area contributed by atoms with Gasteiger partial charge in [0.1, 0.15) is 17.9 Å². The minimum Gasteiger partial charge on any atom is -0.489 e. The number of carbonyl (C=O) groups is 2. The van der Waals surface area contributed by atoms with Crippen LogP contribution in [-0.4, -0.2) is 18.5 Å². The van der Waals surface area contributed by atoms with Crippen LogP contribution in [0.5, 0.6) is 5.75 Å². The summed E-state index contributed by atoms with van der Waals surface area (Å²) in [6, 6.07) is 19.4. The summed E-state index contributed by atoms with van der Waals surface area (Å²) in [4.78, 5) is 36.5. The third kappa shape index (κ3) is 6.25. The third-order valence-corrected chi connectivity index (χ3v) is 6.04. The molecule has 0 aliphatic heterocycles.